The second-order valence-corrected chi connectivity index (χ2v) is 7.23. The van der Waals surface area contributed by atoms with Gasteiger partial charge in [-0.25, -0.2) is 0 Å². The maximum Gasteiger partial charge on any atom is 0.311 e. The minimum Gasteiger partial charge on any atom is -0.452 e. The minimum absolute atomic E-state index is 0.171. The molecule has 0 unspecified atom stereocenters. The van der Waals surface area contributed by atoms with Crippen molar-refractivity contribution < 1.29 is 14.3 Å². The molecule has 0 saturated heterocycles. The van der Waals surface area contributed by atoms with Crippen LogP contribution in [0.3, 0.4) is 0 Å². The lowest BCUT2D eigenvalue weighted by Gasteiger charge is -2.30. The van der Waals surface area contributed by atoms with Gasteiger partial charge in [0.1, 0.15) is 0 Å². The Labute approximate surface area is 146 Å². The molecule has 1 amide bonds. The van der Waals surface area contributed by atoms with Crippen LogP contribution < -0.4 is 5.32 Å². The van der Waals surface area contributed by atoms with Crippen LogP contribution in [0.5, 0.6) is 0 Å². The molecule has 126 valence electrons. The summed E-state index contributed by atoms with van der Waals surface area (Å²) >= 11 is 3.35. The van der Waals surface area contributed by atoms with Crippen molar-refractivity contribution in [3.63, 3.8) is 0 Å². The largest absolute Gasteiger partial charge is 0.452 e. The smallest absolute Gasteiger partial charge is 0.311 e. The second kappa shape index (κ2) is 8.48. The highest BCUT2D eigenvalue weighted by Gasteiger charge is 2.26. The van der Waals surface area contributed by atoms with Gasteiger partial charge in [-0.1, -0.05) is 47.8 Å². The molecule has 23 heavy (non-hydrogen) atoms. The first-order chi connectivity index (χ1) is 11.0. The normalized spacial score (nSPS) is 22.2. The van der Waals surface area contributed by atoms with Gasteiger partial charge in [0, 0.05) is 10.5 Å². The van der Waals surface area contributed by atoms with Crippen LogP contribution in [0.1, 0.15) is 45.1 Å². The number of benzene rings is 1. The number of carbonyl (C=O) groups excluding carboxylic acids is 2. The predicted molar refractivity (Wildman–Crippen MR) is 93.0 cm³/mol. The zero-order valence-corrected chi connectivity index (χ0v) is 15.3. The third-order valence-electron chi connectivity index (χ3n) is 4.38. The van der Waals surface area contributed by atoms with E-state index in [0.717, 1.165) is 29.3 Å². The van der Waals surface area contributed by atoms with Crippen molar-refractivity contribution in [2.24, 2.45) is 5.92 Å². The Kier molecular flexibility index (Phi) is 6.63. The van der Waals surface area contributed by atoms with Crippen molar-refractivity contribution in [1.82, 2.24) is 5.32 Å². The van der Waals surface area contributed by atoms with Crippen LogP contribution in [0.2, 0.25) is 0 Å². The van der Waals surface area contributed by atoms with Crippen LogP contribution >= 0.6 is 15.9 Å². The average molecular weight is 382 g/mol. The van der Waals surface area contributed by atoms with Crippen LogP contribution in [0, 0.1) is 5.92 Å². The van der Waals surface area contributed by atoms with Crippen LogP contribution in [0.25, 0.3) is 0 Å². The van der Waals surface area contributed by atoms with Crippen LogP contribution in [0.15, 0.2) is 28.7 Å². The Hall–Kier alpha value is -1.36. The number of ether oxygens (including phenoxy) is 1. The molecule has 0 aromatic heterocycles. The molecule has 1 saturated carbocycles. The van der Waals surface area contributed by atoms with Crippen molar-refractivity contribution in [3.8, 4) is 0 Å². The van der Waals surface area contributed by atoms with Crippen LogP contribution in [-0.2, 0) is 20.7 Å². The van der Waals surface area contributed by atoms with Crippen molar-refractivity contribution in [2.45, 2.75) is 58.1 Å². The van der Waals surface area contributed by atoms with E-state index in [-0.39, 0.29) is 24.3 Å². The molecule has 0 spiro atoms. The van der Waals surface area contributed by atoms with Crippen LogP contribution in [-0.4, -0.2) is 24.0 Å². The van der Waals surface area contributed by atoms with E-state index in [1.165, 1.54) is 6.42 Å². The van der Waals surface area contributed by atoms with E-state index in [2.05, 4.69) is 28.2 Å². The van der Waals surface area contributed by atoms with Gasteiger partial charge in [0.2, 0.25) is 0 Å². The average Bonchev–Trinajstić information content (AvgIpc) is 2.51. The van der Waals surface area contributed by atoms with Gasteiger partial charge in [0.25, 0.3) is 5.91 Å². The third-order valence-corrected chi connectivity index (χ3v) is 4.91. The fourth-order valence-corrected chi connectivity index (χ4v) is 3.16. The number of halogens is 1. The lowest BCUT2D eigenvalue weighted by Crippen LogP contribution is -2.46. The first-order valence-corrected chi connectivity index (χ1v) is 8.99. The molecule has 2 rings (SSSR count). The van der Waals surface area contributed by atoms with Gasteiger partial charge in [0.05, 0.1) is 6.42 Å². The quantitative estimate of drug-likeness (QED) is 0.792. The van der Waals surface area contributed by atoms with Gasteiger partial charge in [-0.15, -0.1) is 0 Å². The van der Waals surface area contributed by atoms with E-state index >= 15 is 0 Å². The SMILES string of the molecule is C[C@H](OC(=O)Cc1ccc(Br)cc1)C(=O)N[C@@H]1CCCC[C@H]1C. The Morgan fingerprint density at radius 3 is 2.57 bits per heavy atom. The summed E-state index contributed by atoms with van der Waals surface area (Å²) in [5, 5.41) is 3.02. The summed E-state index contributed by atoms with van der Waals surface area (Å²) in [5.41, 5.74) is 0.867. The fourth-order valence-electron chi connectivity index (χ4n) is 2.89. The molecule has 0 heterocycles. The van der Waals surface area contributed by atoms with Crippen LogP contribution in [0.4, 0.5) is 0 Å². The van der Waals surface area contributed by atoms with E-state index < -0.39 is 6.10 Å². The first-order valence-electron chi connectivity index (χ1n) is 8.20. The summed E-state index contributed by atoms with van der Waals surface area (Å²) in [5.74, 6) is -0.0991. The summed E-state index contributed by atoms with van der Waals surface area (Å²) in [6, 6.07) is 7.68. The third kappa shape index (κ3) is 5.65. The summed E-state index contributed by atoms with van der Waals surface area (Å²) in [6.07, 6.45) is 3.94. The number of esters is 1. The molecule has 0 radical (unpaired) electrons. The molecule has 0 aliphatic heterocycles. The monoisotopic (exact) mass is 381 g/mol. The van der Waals surface area contributed by atoms with Gasteiger partial charge < -0.3 is 10.1 Å². The van der Waals surface area contributed by atoms with Gasteiger partial charge in [-0.05, 0) is 43.4 Å². The van der Waals surface area contributed by atoms with E-state index in [1.54, 1.807) is 6.92 Å². The summed E-state index contributed by atoms with van der Waals surface area (Å²) in [6.45, 7) is 3.79. The number of hydrogen-bond donors (Lipinski definition) is 1. The van der Waals surface area contributed by atoms with Gasteiger partial charge in [0.15, 0.2) is 6.10 Å². The Bertz CT molecular complexity index is 544. The minimum atomic E-state index is -0.757. The van der Waals surface area contributed by atoms with Crippen molar-refractivity contribution >= 4 is 27.8 Å². The molecule has 1 aliphatic carbocycles. The number of rotatable bonds is 5. The number of nitrogens with one attached hydrogen (secondary N) is 1. The molecule has 4 nitrogen and oxygen atoms in total. The lowest BCUT2D eigenvalue weighted by molar-refractivity contribution is -0.154. The Morgan fingerprint density at radius 1 is 1.26 bits per heavy atom. The van der Waals surface area contributed by atoms with Crippen molar-refractivity contribution in [1.29, 1.82) is 0 Å². The highest BCUT2D eigenvalue weighted by atomic mass is 79.9. The molecule has 3 atom stereocenters. The van der Waals surface area contributed by atoms with Gasteiger partial charge >= 0.3 is 5.97 Å². The molecule has 1 fully saturated rings. The van der Waals surface area contributed by atoms with E-state index in [1.807, 2.05) is 24.3 Å². The summed E-state index contributed by atoms with van der Waals surface area (Å²) < 4.78 is 6.22. The zero-order chi connectivity index (χ0) is 16.8. The standard InChI is InChI=1S/C18H24BrNO3/c1-12-5-3-4-6-16(12)20-18(22)13(2)23-17(21)11-14-7-9-15(19)10-8-14/h7-10,12-13,16H,3-6,11H2,1-2H3,(H,20,22)/t12-,13+,16-/m1/s1. The molecule has 1 N–H and O–H groups in total. The molecular formula is C18H24BrNO3. The zero-order valence-electron chi connectivity index (χ0n) is 13.7. The molecule has 1 aliphatic rings. The second-order valence-electron chi connectivity index (χ2n) is 6.31. The molecule has 0 bridgehead atoms. The first kappa shape index (κ1) is 18.0. The summed E-state index contributed by atoms with van der Waals surface area (Å²) in [4.78, 5) is 24.1. The highest BCUT2D eigenvalue weighted by Crippen LogP contribution is 2.23. The molecular weight excluding hydrogens is 358 g/mol. The van der Waals surface area contributed by atoms with Gasteiger partial charge in [-0.3, -0.25) is 9.59 Å². The number of carbonyl (C=O) groups is 2. The summed E-state index contributed by atoms with van der Waals surface area (Å²) in [7, 11) is 0. The van der Waals surface area contributed by atoms with E-state index in [9.17, 15) is 9.59 Å². The van der Waals surface area contributed by atoms with Crippen molar-refractivity contribution in [3.05, 3.63) is 34.3 Å². The molecule has 5 heteroatoms. The maximum absolute atomic E-state index is 12.2. The Morgan fingerprint density at radius 2 is 1.91 bits per heavy atom. The topological polar surface area (TPSA) is 55.4 Å². The highest BCUT2D eigenvalue weighted by molar-refractivity contribution is 9.10. The molecule has 1 aromatic rings. The Balaban J connectivity index is 1.80. The van der Waals surface area contributed by atoms with Gasteiger partial charge in [-0.2, -0.15) is 0 Å². The van der Waals surface area contributed by atoms with E-state index in [4.69, 9.17) is 4.74 Å². The van der Waals surface area contributed by atoms with Crippen molar-refractivity contribution in [2.75, 3.05) is 0 Å². The predicted octanol–water partition coefficient (Wildman–Crippen LogP) is 3.62. The number of hydrogen-bond acceptors (Lipinski definition) is 3. The molecule has 1 aromatic carbocycles. The lowest BCUT2D eigenvalue weighted by atomic mass is 9.86. The number of amides is 1. The van der Waals surface area contributed by atoms with E-state index in [0.29, 0.717) is 5.92 Å². The maximum atomic E-state index is 12.2. The fraction of sp³-hybridized carbons (Fsp3) is 0.556.